The number of rotatable bonds is 3. The van der Waals surface area contributed by atoms with E-state index in [9.17, 15) is 4.79 Å². The topological polar surface area (TPSA) is 29.5 Å². The van der Waals surface area contributed by atoms with Gasteiger partial charge in [0.1, 0.15) is 6.10 Å². The molecule has 0 aliphatic carbocycles. The molecule has 2 atom stereocenters. The molecule has 1 aliphatic rings. The molecule has 1 aromatic carbocycles. The maximum absolute atomic E-state index is 11.9. The van der Waals surface area contributed by atoms with E-state index in [0.717, 1.165) is 25.7 Å². The van der Waals surface area contributed by atoms with Crippen molar-refractivity contribution in [3.63, 3.8) is 0 Å². The van der Waals surface area contributed by atoms with Gasteiger partial charge in [-0.2, -0.15) is 0 Å². The Balaban J connectivity index is 2.38. The van der Waals surface area contributed by atoms with E-state index in [1.54, 1.807) is 0 Å². The first-order valence-corrected chi connectivity index (χ1v) is 7.62. The number of nitrogens with zero attached hydrogens (tertiary/aromatic N) is 1. The highest BCUT2D eigenvalue weighted by Gasteiger charge is 2.36. The first-order valence-electron chi connectivity index (χ1n) is 5.74. The lowest BCUT2D eigenvalue weighted by molar-refractivity contribution is 0.0225. The fourth-order valence-electron chi connectivity index (χ4n) is 2.37. The Morgan fingerprint density at radius 3 is 2.78 bits per heavy atom. The molecule has 0 bridgehead atoms. The Bertz CT molecular complexity index is 490. The Morgan fingerprint density at radius 1 is 1.50 bits per heavy atom. The van der Waals surface area contributed by atoms with E-state index in [0.29, 0.717) is 0 Å². The molecule has 0 amide bonds. The second-order valence-corrected chi connectivity index (χ2v) is 7.00. The van der Waals surface area contributed by atoms with Gasteiger partial charge in [0.15, 0.2) is 0 Å². The summed E-state index contributed by atoms with van der Waals surface area (Å²) in [6.45, 7) is 3.00. The number of cyclic esters (lactones) is 1. The SMILES string of the molecule is CC(CN(C)C)C1OC(=O)c2c(I)cc(Br)cc21. The third-order valence-electron chi connectivity index (χ3n) is 3.00. The molecule has 5 heteroatoms. The van der Waals surface area contributed by atoms with Gasteiger partial charge in [-0.25, -0.2) is 4.79 Å². The van der Waals surface area contributed by atoms with Crippen LogP contribution in [0.4, 0.5) is 0 Å². The van der Waals surface area contributed by atoms with Crippen LogP contribution < -0.4 is 0 Å². The molecule has 1 heterocycles. The average Bonchev–Trinajstić information content (AvgIpc) is 2.54. The van der Waals surface area contributed by atoms with Crippen LogP contribution in [0.5, 0.6) is 0 Å². The summed E-state index contributed by atoms with van der Waals surface area (Å²) in [5, 5.41) is 0. The zero-order chi connectivity index (χ0) is 13.4. The van der Waals surface area contributed by atoms with Gasteiger partial charge >= 0.3 is 5.97 Å². The first-order chi connectivity index (χ1) is 8.40. The zero-order valence-corrected chi connectivity index (χ0v) is 14.3. The average molecular weight is 424 g/mol. The van der Waals surface area contributed by atoms with E-state index in [-0.39, 0.29) is 18.0 Å². The standard InChI is InChI=1S/C13H15BrINO2/c1-7(6-16(2)3)12-9-4-8(14)5-10(15)11(9)13(17)18-12/h4-5,7,12H,6H2,1-3H3. The minimum atomic E-state index is -0.197. The second kappa shape index (κ2) is 5.46. The van der Waals surface area contributed by atoms with Crippen LogP contribution in [0.2, 0.25) is 0 Å². The Morgan fingerprint density at radius 2 is 2.17 bits per heavy atom. The van der Waals surface area contributed by atoms with Crippen LogP contribution in [-0.2, 0) is 4.74 Å². The smallest absolute Gasteiger partial charge is 0.340 e. The van der Waals surface area contributed by atoms with Gasteiger partial charge in [-0.15, -0.1) is 0 Å². The summed E-state index contributed by atoms with van der Waals surface area (Å²) in [4.78, 5) is 14.1. The quantitative estimate of drug-likeness (QED) is 0.550. The van der Waals surface area contributed by atoms with Gasteiger partial charge in [0, 0.05) is 26.1 Å². The molecular weight excluding hydrogens is 409 g/mol. The van der Waals surface area contributed by atoms with Crippen molar-refractivity contribution in [1.29, 1.82) is 0 Å². The lowest BCUT2D eigenvalue weighted by Crippen LogP contribution is -2.24. The first kappa shape index (κ1) is 14.3. The number of benzene rings is 1. The van der Waals surface area contributed by atoms with Gasteiger partial charge in [0.2, 0.25) is 0 Å². The van der Waals surface area contributed by atoms with Crippen molar-refractivity contribution in [2.75, 3.05) is 20.6 Å². The molecular formula is C13H15BrINO2. The number of carbonyl (C=O) groups excluding carboxylic acids is 1. The van der Waals surface area contributed by atoms with Crippen LogP contribution in [0.25, 0.3) is 0 Å². The molecule has 0 fully saturated rings. The van der Waals surface area contributed by atoms with E-state index in [2.05, 4.69) is 50.3 Å². The molecule has 0 aromatic heterocycles. The maximum atomic E-state index is 11.9. The second-order valence-electron chi connectivity index (χ2n) is 4.92. The summed E-state index contributed by atoms with van der Waals surface area (Å²) in [6.07, 6.45) is -0.138. The molecule has 1 aromatic rings. The summed E-state index contributed by atoms with van der Waals surface area (Å²) in [5.41, 5.74) is 1.74. The van der Waals surface area contributed by atoms with Crippen molar-refractivity contribution in [3.05, 3.63) is 31.3 Å². The molecule has 0 saturated heterocycles. The number of ether oxygens (including phenoxy) is 1. The molecule has 0 spiro atoms. The van der Waals surface area contributed by atoms with Crippen LogP contribution >= 0.6 is 38.5 Å². The monoisotopic (exact) mass is 423 g/mol. The summed E-state index contributed by atoms with van der Waals surface area (Å²) in [7, 11) is 4.05. The number of hydrogen-bond donors (Lipinski definition) is 0. The molecule has 1 aliphatic heterocycles. The summed E-state index contributed by atoms with van der Waals surface area (Å²) < 4.78 is 7.48. The predicted octanol–water partition coefficient (Wildman–Crippen LogP) is 3.46. The van der Waals surface area contributed by atoms with Crippen molar-refractivity contribution in [1.82, 2.24) is 4.90 Å². The highest BCUT2D eigenvalue weighted by atomic mass is 127. The van der Waals surface area contributed by atoms with Crippen LogP contribution in [-0.4, -0.2) is 31.5 Å². The Hall–Kier alpha value is -0.140. The third-order valence-corrected chi connectivity index (χ3v) is 4.31. The highest BCUT2D eigenvalue weighted by molar-refractivity contribution is 14.1. The van der Waals surface area contributed by atoms with Gasteiger partial charge in [0.05, 0.1) is 5.56 Å². The van der Waals surface area contributed by atoms with Crippen molar-refractivity contribution < 1.29 is 9.53 Å². The fourth-order valence-corrected chi connectivity index (χ4v) is 4.14. The minimum absolute atomic E-state index is 0.138. The number of fused-ring (bicyclic) bond motifs is 1. The Kier molecular flexibility index (Phi) is 4.33. The summed E-state index contributed by atoms with van der Waals surface area (Å²) >= 11 is 5.67. The largest absolute Gasteiger partial charge is 0.453 e. The van der Waals surface area contributed by atoms with E-state index < -0.39 is 0 Å². The van der Waals surface area contributed by atoms with Crippen LogP contribution in [0.1, 0.15) is 28.9 Å². The van der Waals surface area contributed by atoms with Crippen LogP contribution in [0.15, 0.2) is 16.6 Å². The van der Waals surface area contributed by atoms with Crippen molar-refractivity contribution in [3.8, 4) is 0 Å². The van der Waals surface area contributed by atoms with Gasteiger partial charge in [-0.05, 0) is 48.8 Å². The molecule has 3 nitrogen and oxygen atoms in total. The lowest BCUT2D eigenvalue weighted by atomic mass is 9.95. The zero-order valence-electron chi connectivity index (χ0n) is 10.5. The summed E-state index contributed by atoms with van der Waals surface area (Å²) in [6, 6.07) is 3.94. The number of halogens is 2. The Labute approximate surface area is 129 Å². The number of esters is 1. The van der Waals surface area contributed by atoms with Gasteiger partial charge in [-0.3, -0.25) is 0 Å². The van der Waals surface area contributed by atoms with Gasteiger partial charge < -0.3 is 9.64 Å². The van der Waals surface area contributed by atoms with Crippen molar-refractivity contribution >= 4 is 44.5 Å². The van der Waals surface area contributed by atoms with Crippen LogP contribution in [0.3, 0.4) is 0 Å². The number of hydrogen-bond acceptors (Lipinski definition) is 3. The molecule has 98 valence electrons. The van der Waals surface area contributed by atoms with E-state index in [4.69, 9.17) is 4.74 Å². The molecule has 2 unspecified atom stereocenters. The summed E-state index contributed by atoms with van der Waals surface area (Å²) in [5.74, 6) is 0.0767. The molecule has 0 N–H and O–H groups in total. The predicted molar refractivity (Wildman–Crippen MR) is 82.7 cm³/mol. The molecule has 0 radical (unpaired) electrons. The molecule has 18 heavy (non-hydrogen) atoms. The molecule has 0 saturated carbocycles. The highest BCUT2D eigenvalue weighted by Crippen LogP contribution is 2.39. The fraction of sp³-hybridized carbons (Fsp3) is 0.462. The minimum Gasteiger partial charge on any atom is -0.453 e. The van der Waals surface area contributed by atoms with Crippen LogP contribution in [0, 0.1) is 9.49 Å². The van der Waals surface area contributed by atoms with Gasteiger partial charge in [0.25, 0.3) is 0 Å². The maximum Gasteiger partial charge on any atom is 0.340 e. The third kappa shape index (κ3) is 2.72. The van der Waals surface area contributed by atoms with Crippen molar-refractivity contribution in [2.24, 2.45) is 5.92 Å². The molecule has 2 rings (SSSR count). The van der Waals surface area contributed by atoms with E-state index >= 15 is 0 Å². The van der Waals surface area contributed by atoms with Crippen molar-refractivity contribution in [2.45, 2.75) is 13.0 Å². The van der Waals surface area contributed by atoms with Gasteiger partial charge in [-0.1, -0.05) is 22.9 Å². The normalized spacial score (nSPS) is 19.9. The number of carbonyl (C=O) groups is 1. The van der Waals surface area contributed by atoms with E-state index in [1.807, 2.05) is 26.2 Å². The van der Waals surface area contributed by atoms with E-state index in [1.165, 1.54) is 0 Å². The lowest BCUT2D eigenvalue weighted by Gasteiger charge is -2.22.